The summed E-state index contributed by atoms with van der Waals surface area (Å²) >= 11 is 0. The minimum absolute atomic E-state index is 0.107. The van der Waals surface area contributed by atoms with Gasteiger partial charge in [-0.3, -0.25) is 9.69 Å². The Hall–Kier alpha value is -2.34. The molecule has 1 aromatic heterocycles. The van der Waals surface area contributed by atoms with Crippen molar-refractivity contribution < 1.29 is 13.9 Å². The molecule has 0 saturated carbocycles. The molecular weight excluding hydrogens is 282 g/mol. The number of benzene rings is 1. The van der Waals surface area contributed by atoms with E-state index in [0.717, 1.165) is 12.3 Å². The van der Waals surface area contributed by atoms with Gasteiger partial charge in [0.2, 0.25) is 5.76 Å². The van der Waals surface area contributed by atoms with Crippen LogP contribution in [-0.4, -0.2) is 54.5 Å². The number of rotatable bonds is 3. The number of hydrogen-bond donors (Lipinski definition) is 0. The Morgan fingerprint density at radius 1 is 1.32 bits per heavy atom. The van der Waals surface area contributed by atoms with Crippen molar-refractivity contribution in [1.82, 2.24) is 14.8 Å². The van der Waals surface area contributed by atoms with Crippen LogP contribution < -0.4 is 4.74 Å². The predicted octanol–water partition coefficient (Wildman–Crippen LogP) is 1.81. The highest BCUT2D eigenvalue weighted by Crippen LogP contribution is 2.26. The van der Waals surface area contributed by atoms with E-state index in [1.165, 1.54) is 18.2 Å². The zero-order valence-electron chi connectivity index (χ0n) is 12.7. The molecule has 0 spiro atoms. The summed E-state index contributed by atoms with van der Waals surface area (Å²) in [5, 5.41) is 0. The van der Waals surface area contributed by atoms with Gasteiger partial charge in [-0.2, -0.15) is 0 Å². The number of hydrogen-bond acceptors (Lipinski definition) is 5. The molecule has 1 amide bonds. The number of ether oxygens (including phenoxy) is 1. The van der Waals surface area contributed by atoms with Crippen molar-refractivity contribution in [3.63, 3.8) is 0 Å². The second-order valence-electron chi connectivity index (χ2n) is 5.39. The fourth-order valence-electron chi connectivity index (χ4n) is 2.72. The van der Waals surface area contributed by atoms with Crippen LogP contribution in [0.1, 0.15) is 22.2 Å². The lowest BCUT2D eigenvalue weighted by atomic mass is 10.0. The van der Waals surface area contributed by atoms with Gasteiger partial charge in [-0.25, -0.2) is 4.98 Å². The van der Waals surface area contributed by atoms with Crippen LogP contribution in [-0.2, 0) is 0 Å². The van der Waals surface area contributed by atoms with Crippen molar-refractivity contribution >= 4 is 5.91 Å². The summed E-state index contributed by atoms with van der Waals surface area (Å²) in [6.45, 7) is 2.13. The zero-order chi connectivity index (χ0) is 15.5. The standard InChI is InChI=1S/C16H19N3O3/c1-18-7-8-19(16(20)15-9-17-11-22-15)10-14(18)12-3-5-13(21-2)6-4-12/h3-6,9,11,14H,7-8,10H2,1-2H3. The van der Waals surface area contributed by atoms with Gasteiger partial charge in [-0.1, -0.05) is 12.1 Å². The molecule has 1 saturated heterocycles. The number of aromatic nitrogens is 1. The van der Waals surface area contributed by atoms with Gasteiger partial charge in [0.15, 0.2) is 6.39 Å². The molecule has 2 heterocycles. The molecule has 0 radical (unpaired) electrons. The molecule has 2 aromatic rings. The van der Waals surface area contributed by atoms with E-state index in [9.17, 15) is 4.79 Å². The van der Waals surface area contributed by atoms with E-state index in [1.54, 1.807) is 7.11 Å². The molecule has 0 aliphatic carbocycles. The van der Waals surface area contributed by atoms with E-state index in [1.807, 2.05) is 29.2 Å². The predicted molar refractivity (Wildman–Crippen MR) is 80.8 cm³/mol. The number of carbonyl (C=O) groups is 1. The lowest BCUT2D eigenvalue weighted by molar-refractivity contribution is 0.0517. The highest BCUT2D eigenvalue weighted by atomic mass is 16.5. The summed E-state index contributed by atoms with van der Waals surface area (Å²) in [7, 11) is 3.73. The van der Waals surface area contributed by atoms with Crippen LogP contribution in [0, 0.1) is 0 Å². The largest absolute Gasteiger partial charge is 0.497 e. The van der Waals surface area contributed by atoms with Crippen LogP contribution in [0.2, 0.25) is 0 Å². The van der Waals surface area contributed by atoms with Crippen molar-refractivity contribution in [3.05, 3.63) is 48.2 Å². The number of nitrogens with zero attached hydrogens (tertiary/aromatic N) is 3. The normalized spacial score (nSPS) is 19.2. The summed E-state index contributed by atoms with van der Waals surface area (Å²) < 4.78 is 10.3. The van der Waals surface area contributed by atoms with Gasteiger partial charge in [0.1, 0.15) is 5.75 Å². The minimum Gasteiger partial charge on any atom is -0.497 e. The van der Waals surface area contributed by atoms with E-state index in [4.69, 9.17) is 9.15 Å². The molecule has 1 aliphatic rings. The average Bonchev–Trinajstić information content (AvgIpc) is 3.09. The van der Waals surface area contributed by atoms with E-state index < -0.39 is 0 Å². The highest BCUT2D eigenvalue weighted by molar-refractivity contribution is 5.91. The van der Waals surface area contributed by atoms with E-state index in [0.29, 0.717) is 13.1 Å². The topological polar surface area (TPSA) is 58.8 Å². The van der Waals surface area contributed by atoms with Gasteiger partial charge < -0.3 is 14.1 Å². The van der Waals surface area contributed by atoms with Gasteiger partial charge in [-0.15, -0.1) is 0 Å². The van der Waals surface area contributed by atoms with Gasteiger partial charge >= 0.3 is 0 Å². The molecule has 6 heteroatoms. The first kappa shape index (κ1) is 14.6. The van der Waals surface area contributed by atoms with Crippen LogP contribution in [0.25, 0.3) is 0 Å². The molecule has 1 fully saturated rings. The third kappa shape index (κ3) is 2.82. The van der Waals surface area contributed by atoms with Crippen molar-refractivity contribution in [2.45, 2.75) is 6.04 Å². The molecule has 6 nitrogen and oxygen atoms in total. The van der Waals surface area contributed by atoms with Crippen LogP contribution >= 0.6 is 0 Å². The van der Waals surface area contributed by atoms with E-state index >= 15 is 0 Å². The smallest absolute Gasteiger partial charge is 0.291 e. The lowest BCUT2D eigenvalue weighted by Crippen LogP contribution is -2.48. The van der Waals surface area contributed by atoms with Gasteiger partial charge in [0.05, 0.1) is 19.3 Å². The maximum atomic E-state index is 12.4. The van der Waals surface area contributed by atoms with Crippen LogP contribution in [0.5, 0.6) is 5.75 Å². The molecule has 22 heavy (non-hydrogen) atoms. The molecule has 0 bridgehead atoms. The van der Waals surface area contributed by atoms with Gasteiger partial charge in [-0.05, 0) is 24.7 Å². The molecule has 1 aromatic carbocycles. The highest BCUT2D eigenvalue weighted by Gasteiger charge is 2.30. The SMILES string of the molecule is COc1ccc(C2CN(C(=O)c3cnco3)CCN2C)cc1. The first-order chi connectivity index (χ1) is 10.7. The third-order valence-electron chi connectivity index (χ3n) is 4.08. The molecule has 0 N–H and O–H groups in total. The number of carbonyl (C=O) groups excluding carboxylic acids is 1. The first-order valence-electron chi connectivity index (χ1n) is 7.21. The van der Waals surface area contributed by atoms with E-state index in [-0.39, 0.29) is 17.7 Å². The fourth-order valence-corrected chi connectivity index (χ4v) is 2.72. The minimum atomic E-state index is -0.107. The monoisotopic (exact) mass is 301 g/mol. The molecule has 1 aliphatic heterocycles. The van der Waals surface area contributed by atoms with Crippen LogP contribution in [0.15, 0.2) is 41.3 Å². The molecule has 116 valence electrons. The first-order valence-corrected chi connectivity index (χ1v) is 7.21. The second kappa shape index (κ2) is 6.19. The van der Waals surface area contributed by atoms with Crippen molar-refractivity contribution in [3.8, 4) is 5.75 Å². The van der Waals surface area contributed by atoms with Crippen LogP contribution in [0.4, 0.5) is 0 Å². The summed E-state index contributed by atoms with van der Waals surface area (Å²) in [5.74, 6) is 1.01. The van der Waals surface area contributed by atoms with Crippen molar-refractivity contribution in [2.24, 2.45) is 0 Å². The zero-order valence-corrected chi connectivity index (χ0v) is 12.7. The maximum Gasteiger partial charge on any atom is 0.291 e. The number of piperazine rings is 1. The molecular formula is C16H19N3O3. The van der Waals surface area contributed by atoms with E-state index in [2.05, 4.69) is 16.9 Å². The number of oxazole rings is 1. The Kier molecular flexibility index (Phi) is 4.11. The van der Waals surface area contributed by atoms with Gasteiger partial charge in [0, 0.05) is 19.6 Å². The quantitative estimate of drug-likeness (QED) is 0.865. The lowest BCUT2D eigenvalue weighted by Gasteiger charge is -2.39. The van der Waals surface area contributed by atoms with Crippen molar-refractivity contribution in [1.29, 1.82) is 0 Å². The summed E-state index contributed by atoms with van der Waals surface area (Å²) in [5.41, 5.74) is 1.17. The van der Waals surface area contributed by atoms with Crippen molar-refractivity contribution in [2.75, 3.05) is 33.8 Å². The number of amides is 1. The Bertz CT molecular complexity index is 625. The molecule has 3 rings (SSSR count). The Morgan fingerprint density at radius 3 is 2.73 bits per heavy atom. The summed E-state index contributed by atoms with van der Waals surface area (Å²) in [4.78, 5) is 20.3. The molecule has 1 atom stereocenters. The summed E-state index contributed by atoms with van der Waals surface area (Å²) in [6.07, 6.45) is 2.74. The summed E-state index contributed by atoms with van der Waals surface area (Å²) in [6, 6.07) is 8.14. The Balaban J connectivity index is 1.77. The third-order valence-corrected chi connectivity index (χ3v) is 4.08. The van der Waals surface area contributed by atoms with Crippen LogP contribution in [0.3, 0.4) is 0 Å². The number of likely N-dealkylation sites (N-methyl/N-ethyl adjacent to an activating group) is 1. The Morgan fingerprint density at radius 2 is 2.09 bits per heavy atom. The molecule has 1 unspecified atom stereocenters. The number of methoxy groups -OCH3 is 1. The fraction of sp³-hybridized carbons (Fsp3) is 0.375. The Labute approximate surface area is 129 Å². The maximum absolute atomic E-state index is 12.4. The second-order valence-corrected chi connectivity index (χ2v) is 5.39. The average molecular weight is 301 g/mol. The van der Waals surface area contributed by atoms with Gasteiger partial charge in [0.25, 0.3) is 5.91 Å².